The minimum absolute atomic E-state index is 0.134. The van der Waals surface area contributed by atoms with Crippen LogP contribution in [0.15, 0.2) is 109 Å². The van der Waals surface area contributed by atoms with Crippen molar-refractivity contribution in [3.8, 4) is 0 Å². The van der Waals surface area contributed by atoms with Crippen LogP contribution in [0.3, 0.4) is 0 Å². The Balaban J connectivity index is 4.42. The normalized spacial score (nSPS) is 13.7. The molecule has 0 radical (unpaired) electrons. The van der Waals surface area contributed by atoms with Gasteiger partial charge in [-0.2, -0.15) is 0 Å². The average Bonchev–Trinajstić information content (AvgIpc) is 3.31. The molecule has 0 N–H and O–H groups in total. The van der Waals surface area contributed by atoms with Crippen molar-refractivity contribution in [3.63, 3.8) is 0 Å². The number of esters is 2. The zero-order valence-corrected chi connectivity index (χ0v) is 44.4. The van der Waals surface area contributed by atoms with Gasteiger partial charge in [-0.05, 0) is 103 Å². The predicted octanol–water partition coefficient (Wildman–Crippen LogP) is 14.2. The number of aliphatic carboxylic acids is 1. The number of unbranched alkanes of at least 4 members (excludes halogenated alkanes) is 15. The van der Waals surface area contributed by atoms with Gasteiger partial charge in [-0.15, -0.1) is 0 Å². The van der Waals surface area contributed by atoms with Gasteiger partial charge >= 0.3 is 11.9 Å². The molecule has 0 saturated heterocycles. The van der Waals surface area contributed by atoms with Crippen molar-refractivity contribution in [2.75, 3.05) is 47.5 Å². The molecule has 0 aliphatic heterocycles. The van der Waals surface area contributed by atoms with E-state index < -0.39 is 24.3 Å². The maximum atomic E-state index is 12.8. The Kier molecular flexibility index (Phi) is 47.4. The number of carboxylic acid groups (broad SMARTS) is 1. The molecular weight excluding hydrogens is 863 g/mol. The van der Waals surface area contributed by atoms with Crippen LogP contribution in [0.25, 0.3) is 0 Å². The summed E-state index contributed by atoms with van der Waals surface area (Å²) >= 11 is 0. The van der Waals surface area contributed by atoms with Crippen molar-refractivity contribution in [2.45, 2.75) is 206 Å². The summed E-state index contributed by atoms with van der Waals surface area (Å²) in [7, 11) is 5.89. The average molecular weight is 962 g/mol. The van der Waals surface area contributed by atoms with Gasteiger partial charge in [-0.3, -0.25) is 9.59 Å². The van der Waals surface area contributed by atoms with Gasteiger partial charge in [0.1, 0.15) is 13.2 Å². The highest BCUT2D eigenvalue weighted by Gasteiger charge is 2.21. The van der Waals surface area contributed by atoms with Crippen molar-refractivity contribution in [2.24, 2.45) is 0 Å². The van der Waals surface area contributed by atoms with E-state index in [0.717, 1.165) is 103 Å². The van der Waals surface area contributed by atoms with Gasteiger partial charge in [0.2, 0.25) is 0 Å². The fourth-order valence-electron chi connectivity index (χ4n) is 6.84. The van der Waals surface area contributed by atoms with Gasteiger partial charge in [0.05, 0.1) is 40.3 Å². The van der Waals surface area contributed by atoms with Gasteiger partial charge in [-0.25, -0.2) is 0 Å². The topological polar surface area (TPSA) is 111 Å². The maximum Gasteiger partial charge on any atom is 0.306 e. The summed E-state index contributed by atoms with van der Waals surface area (Å²) in [5.74, 6) is -2.35. The van der Waals surface area contributed by atoms with Gasteiger partial charge < -0.3 is 33.3 Å². The summed E-state index contributed by atoms with van der Waals surface area (Å²) < 4.78 is 22.6. The summed E-state index contributed by atoms with van der Waals surface area (Å²) in [5.41, 5.74) is 0. The zero-order valence-electron chi connectivity index (χ0n) is 44.4. The molecule has 0 bridgehead atoms. The van der Waals surface area contributed by atoms with E-state index in [1.807, 2.05) is 21.1 Å². The van der Waals surface area contributed by atoms with Crippen molar-refractivity contribution in [1.29, 1.82) is 0 Å². The Bertz CT molecular complexity index is 1490. The smallest absolute Gasteiger partial charge is 0.306 e. The molecule has 0 heterocycles. The van der Waals surface area contributed by atoms with Crippen LogP contribution in [0.1, 0.15) is 194 Å². The van der Waals surface area contributed by atoms with Gasteiger partial charge in [0.25, 0.3) is 0 Å². The number of allylic oxidation sites excluding steroid dienone is 18. The second-order valence-corrected chi connectivity index (χ2v) is 18.8. The fraction of sp³-hybridized carbons (Fsp3) is 0.650. The molecule has 0 amide bonds. The van der Waals surface area contributed by atoms with E-state index in [1.165, 1.54) is 57.8 Å². The molecule has 9 nitrogen and oxygen atoms in total. The maximum absolute atomic E-state index is 12.8. The molecule has 0 aliphatic carbocycles. The number of rotatable bonds is 48. The molecule has 2 atom stereocenters. The number of quaternary nitrogens is 1. The van der Waals surface area contributed by atoms with E-state index in [0.29, 0.717) is 17.4 Å². The predicted molar refractivity (Wildman–Crippen MR) is 287 cm³/mol. The number of carbonyl (C=O) groups excluding carboxylic acids is 3. The second-order valence-electron chi connectivity index (χ2n) is 18.8. The molecule has 0 saturated carbocycles. The molecule has 0 aromatic carbocycles. The lowest BCUT2D eigenvalue weighted by Gasteiger charge is -2.26. The van der Waals surface area contributed by atoms with Crippen LogP contribution in [0.5, 0.6) is 0 Å². The minimum atomic E-state index is -1.64. The highest BCUT2D eigenvalue weighted by Crippen LogP contribution is 2.13. The lowest BCUT2D eigenvalue weighted by molar-refractivity contribution is -0.870. The number of carbonyl (C=O) groups is 3. The fourth-order valence-corrected chi connectivity index (χ4v) is 6.84. The molecule has 0 aromatic heterocycles. The Morgan fingerprint density at radius 3 is 1.25 bits per heavy atom. The standard InChI is InChI=1S/C60H99NO8/c1-6-8-10-12-14-16-18-20-22-24-26-27-28-29-30-31-33-35-37-39-41-43-45-47-49-51-58(63)69-56(55-68-60(59(64)65)66-53-52-61(3,4)5)54-67-57(62)50-48-46-44-42-40-38-36-34-32-25-23-21-19-17-15-13-11-9-7-2/h8,10,14-17,20-23,26-27,29-30,33,35,39,41,56,60H,6-7,9,11-13,18-19,24-25,28,31-32,34,36-38,40,42-55H2,1-5H3/b10-8-,16-14-,17-15-,22-20-,23-21-,27-26-,30-29-,35-33-,41-39-. The van der Waals surface area contributed by atoms with Crippen molar-refractivity contribution in [1.82, 2.24) is 0 Å². The van der Waals surface area contributed by atoms with Crippen molar-refractivity contribution < 1.29 is 42.9 Å². The SMILES string of the molecule is CC/C=C\C/C=C\C/C=C\C/C=C\C/C=C\C/C=C\C/C=C\CCCCCC(=O)OC(COC(=O)CCCCCCCCCCC/C=C\C/C=C\CCCCC)COC(OCC[N+](C)(C)C)C(=O)[O-]. The van der Waals surface area contributed by atoms with Gasteiger partial charge in [0.15, 0.2) is 12.4 Å². The number of nitrogens with zero attached hydrogens (tertiary/aromatic N) is 1. The van der Waals surface area contributed by atoms with Crippen molar-refractivity contribution in [3.05, 3.63) is 109 Å². The first-order chi connectivity index (χ1) is 33.6. The van der Waals surface area contributed by atoms with Gasteiger partial charge in [0, 0.05) is 12.8 Å². The molecule has 0 rings (SSSR count). The molecule has 0 aromatic rings. The number of hydrogen-bond acceptors (Lipinski definition) is 8. The third kappa shape index (κ3) is 51.6. The molecular formula is C60H99NO8. The Hall–Kier alpha value is -4.05. The molecule has 9 heteroatoms. The first-order valence-electron chi connectivity index (χ1n) is 27.0. The third-order valence-corrected chi connectivity index (χ3v) is 11.0. The zero-order chi connectivity index (χ0) is 50.6. The van der Waals surface area contributed by atoms with Crippen LogP contribution in [-0.4, -0.2) is 82.3 Å². The molecule has 69 heavy (non-hydrogen) atoms. The van der Waals surface area contributed by atoms with Crippen LogP contribution in [0.2, 0.25) is 0 Å². The second kappa shape index (κ2) is 50.3. The summed E-state index contributed by atoms with van der Waals surface area (Å²) in [6.45, 7) is 4.54. The largest absolute Gasteiger partial charge is 0.545 e. The lowest BCUT2D eigenvalue weighted by atomic mass is 10.1. The first-order valence-corrected chi connectivity index (χ1v) is 27.0. The summed E-state index contributed by atoms with van der Waals surface area (Å²) in [6.07, 6.45) is 65.5. The van der Waals surface area contributed by atoms with Crippen LogP contribution in [0, 0.1) is 0 Å². The van der Waals surface area contributed by atoms with Crippen molar-refractivity contribution >= 4 is 17.9 Å². The number of hydrogen-bond donors (Lipinski definition) is 0. The highest BCUT2D eigenvalue weighted by molar-refractivity contribution is 5.70. The van der Waals surface area contributed by atoms with Crippen LogP contribution < -0.4 is 5.11 Å². The Morgan fingerprint density at radius 2 is 0.826 bits per heavy atom. The van der Waals surface area contributed by atoms with Crippen LogP contribution in [-0.2, 0) is 33.3 Å². The molecule has 0 fully saturated rings. The first kappa shape index (κ1) is 65.0. The number of carboxylic acids is 1. The van der Waals surface area contributed by atoms with Gasteiger partial charge in [-0.1, -0.05) is 187 Å². The molecule has 0 spiro atoms. The molecule has 2 unspecified atom stereocenters. The minimum Gasteiger partial charge on any atom is -0.545 e. The van der Waals surface area contributed by atoms with E-state index in [2.05, 4.69) is 123 Å². The summed E-state index contributed by atoms with van der Waals surface area (Å²) in [6, 6.07) is 0. The van der Waals surface area contributed by atoms with E-state index in [1.54, 1.807) is 0 Å². The summed E-state index contributed by atoms with van der Waals surface area (Å²) in [4.78, 5) is 37.2. The van der Waals surface area contributed by atoms with Crippen LogP contribution in [0.4, 0.5) is 0 Å². The monoisotopic (exact) mass is 962 g/mol. The molecule has 0 aliphatic rings. The van der Waals surface area contributed by atoms with E-state index in [-0.39, 0.29) is 38.6 Å². The Morgan fingerprint density at radius 1 is 0.449 bits per heavy atom. The number of likely N-dealkylation sites (N-methyl/N-ethyl adjacent to an activating group) is 1. The third-order valence-electron chi connectivity index (χ3n) is 11.0. The highest BCUT2D eigenvalue weighted by atomic mass is 16.7. The quantitative estimate of drug-likeness (QED) is 0.0195. The number of ether oxygens (including phenoxy) is 4. The van der Waals surface area contributed by atoms with E-state index >= 15 is 0 Å². The van der Waals surface area contributed by atoms with E-state index in [9.17, 15) is 19.5 Å². The van der Waals surface area contributed by atoms with E-state index in [4.69, 9.17) is 18.9 Å². The Labute approximate surface area is 422 Å². The summed E-state index contributed by atoms with van der Waals surface area (Å²) in [5, 5.41) is 11.8. The molecule has 392 valence electrons. The van der Waals surface area contributed by atoms with Crippen LogP contribution >= 0.6 is 0 Å². The lowest BCUT2D eigenvalue weighted by Crippen LogP contribution is -2.44.